The molecule has 1 aliphatic carbocycles. The number of benzene rings is 1. The van der Waals surface area contributed by atoms with Crippen LogP contribution in [-0.4, -0.2) is 27.6 Å². The number of carbonyl (C=O) groups is 1. The zero-order chi connectivity index (χ0) is 19.3. The molecule has 2 aromatic rings. The minimum absolute atomic E-state index is 0.0266. The van der Waals surface area contributed by atoms with Gasteiger partial charge in [0.05, 0.1) is 17.9 Å². The summed E-state index contributed by atoms with van der Waals surface area (Å²) in [5, 5.41) is 0. The molecule has 1 N–H and O–H groups in total. The predicted molar refractivity (Wildman–Crippen MR) is 95.8 cm³/mol. The molecule has 4 rings (SSSR count). The fourth-order valence-corrected chi connectivity index (χ4v) is 3.51. The van der Waals surface area contributed by atoms with E-state index < -0.39 is 22.7 Å². The van der Waals surface area contributed by atoms with Gasteiger partial charge in [0.2, 0.25) is 0 Å². The number of rotatable bonds is 2. The average molecular weight is 369 g/mol. The lowest BCUT2D eigenvalue weighted by molar-refractivity contribution is -0.143. The van der Waals surface area contributed by atoms with Crippen molar-refractivity contribution in [2.24, 2.45) is 0 Å². The minimum Gasteiger partial charge on any atom is -0.475 e. The van der Waals surface area contributed by atoms with Crippen molar-refractivity contribution in [2.75, 3.05) is 11.4 Å². The highest BCUT2D eigenvalue weighted by atomic mass is 19.1. The molecule has 1 fully saturated rings. The molecule has 1 amide bonds. The van der Waals surface area contributed by atoms with Crippen LogP contribution in [0.15, 0.2) is 27.8 Å². The summed E-state index contributed by atoms with van der Waals surface area (Å²) >= 11 is 0. The molecule has 0 atom stereocenters. The van der Waals surface area contributed by atoms with Gasteiger partial charge in [-0.2, -0.15) is 0 Å². The lowest BCUT2D eigenvalue weighted by atomic mass is 9.77. The maximum absolute atomic E-state index is 14.8. The van der Waals surface area contributed by atoms with Crippen molar-refractivity contribution in [1.82, 2.24) is 9.55 Å². The van der Waals surface area contributed by atoms with Crippen LogP contribution in [-0.2, 0) is 4.79 Å². The number of fused-ring (bicyclic) bond motifs is 1. The van der Waals surface area contributed by atoms with E-state index >= 15 is 0 Å². The Labute approximate surface area is 153 Å². The Kier molecular flexibility index (Phi) is 3.70. The number of anilines is 1. The van der Waals surface area contributed by atoms with Crippen molar-refractivity contribution in [3.05, 3.63) is 50.5 Å². The van der Waals surface area contributed by atoms with E-state index in [1.807, 2.05) is 0 Å². The highest BCUT2D eigenvalue weighted by molar-refractivity contribution is 6.04. The number of hydrogen-bond donors (Lipinski definition) is 1. The van der Waals surface area contributed by atoms with Gasteiger partial charge >= 0.3 is 5.69 Å². The van der Waals surface area contributed by atoms with Gasteiger partial charge in [0.15, 0.2) is 11.4 Å². The molecule has 138 valence electrons. The Morgan fingerprint density at radius 3 is 2.59 bits per heavy atom. The van der Waals surface area contributed by atoms with Crippen molar-refractivity contribution in [3.63, 3.8) is 0 Å². The van der Waals surface area contributed by atoms with Crippen LogP contribution < -0.4 is 20.9 Å². The fourth-order valence-electron chi connectivity index (χ4n) is 3.51. The zero-order valence-electron chi connectivity index (χ0n) is 14.5. The van der Waals surface area contributed by atoms with Gasteiger partial charge in [-0.3, -0.25) is 14.5 Å². The van der Waals surface area contributed by atoms with Crippen molar-refractivity contribution in [2.45, 2.75) is 31.8 Å². The van der Waals surface area contributed by atoms with Crippen LogP contribution in [0.1, 0.15) is 25.0 Å². The second-order valence-electron chi connectivity index (χ2n) is 6.75. The van der Waals surface area contributed by atoms with E-state index in [9.17, 15) is 18.8 Å². The van der Waals surface area contributed by atoms with Crippen LogP contribution in [0, 0.1) is 25.1 Å². The molecule has 1 aromatic carbocycles. The normalized spacial score (nSPS) is 17.1. The number of ether oxygens (including phenoxy) is 1. The number of carbonyl (C=O) groups excluding carboxylic acids is 1. The Balaban J connectivity index is 1.93. The SMILES string of the molecule is C#CCN1C(=O)C2(CCC2)Oc2cc(F)c(-n3c(=O)cc(C)[nH]c3=O)cc21. The van der Waals surface area contributed by atoms with E-state index in [0.29, 0.717) is 23.1 Å². The number of aromatic amines is 1. The molecule has 27 heavy (non-hydrogen) atoms. The van der Waals surface area contributed by atoms with Gasteiger partial charge in [-0.05, 0) is 32.3 Å². The molecule has 1 aromatic heterocycles. The van der Waals surface area contributed by atoms with Gasteiger partial charge in [0.25, 0.3) is 11.5 Å². The van der Waals surface area contributed by atoms with E-state index in [1.165, 1.54) is 17.0 Å². The van der Waals surface area contributed by atoms with Crippen molar-refractivity contribution in [3.8, 4) is 23.8 Å². The molecular weight excluding hydrogens is 353 g/mol. The summed E-state index contributed by atoms with van der Waals surface area (Å²) in [7, 11) is 0. The first kappa shape index (κ1) is 17.1. The molecule has 0 bridgehead atoms. The summed E-state index contributed by atoms with van der Waals surface area (Å²) in [6.45, 7) is 1.52. The highest BCUT2D eigenvalue weighted by Crippen LogP contribution is 2.47. The van der Waals surface area contributed by atoms with Crippen molar-refractivity contribution in [1.29, 1.82) is 0 Å². The number of halogens is 1. The minimum atomic E-state index is -1.00. The Bertz CT molecular complexity index is 1090. The molecule has 0 saturated heterocycles. The third kappa shape index (κ3) is 2.46. The lowest BCUT2D eigenvalue weighted by Gasteiger charge is -2.47. The Morgan fingerprint density at radius 1 is 1.26 bits per heavy atom. The molecule has 0 unspecified atom stereocenters. The zero-order valence-corrected chi connectivity index (χ0v) is 14.5. The molecule has 8 heteroatoms. The first-order valence-corrected chi connectivity index (χ1v) is 8.48. The first-order chi connectivity index (χ1) is 12.9. The maximum atomic E-state index is 14.8. The van der Waals surface area contributed by atoms with Crippen LogP contribution in [0.25, 0.3) is 5.69 Å². The third-order valence-electron chi connectivity index (χ3n) is 4.98. The van der Waals surface area contributed by atoms with E-state index in [1.54, 1.807) is 6.92 Å². The summed E-state index contributed by atoms with van der Waals surface area (Å²) in [4.78, 5) is 41.1. The molecule has 1 aliphatic heterocycles. The number of aryl methyl sites for hydroxylation is 1. The number of hydrogen-bond acceptors (Lipinski definition) is 4. The van der Waals surface area contributed by atoms with Crippen LogP contribution in [0.5, 0.6) is 5.75 Å². The van der Waals surface area contributed by atoms with Crippen LogP contribution in [0.3, 0.4) is 0 Å². The monoisotopic (exact) mass is 369 g/mol. The number of amides is 1. The maximum Gasteiger partial charge on any atom is 0.333 e. The first-order valence-electron chi connectivity index (χ1n) is 8.48. The molecule has 7 nitrogen and oxygen atoms in total. The van der Waals surface area contributed by atoms with E-state index in [-0.39, 0.29) is 29.6 Å². The van der Waals surface area contributed by atoms with Crippen LogP contribution >= 0.6 is 0 Å². The highest BCUT2D eigenvalue weighted by Gasteiger charge is 2.52. The summed E-state index contributed by atoms with van der Waals surface area (Å²) in [6.07, 6.45) is 7.30. The van der Waals surface area contributed by atoms with E-state index in [0.717, 1.165) is 12.5 Å². The van der Waals surface area contributed by atoms with Gasteiger partial charge in [-0.1, -0.05) is 5.92 Å². The number of nitrogens with one attached hydrogen (secondary N) is 1. The summed E-state index contributed by atoms with van der Waals surface area (Å²) in [5.41, 5.74) is -2.14. The molecule has 2 aliphatic rings. The van der Waals surface area contributed by atoms with E-state index in [2.05, 4.69) is 10.9 Å². The van der Waals surface area contributed by atoms with Crippen LogP contribution in [0.2, 0.25) is 0 Å². The van der Waals surface area contributed by atoms with Gasteiger partial charge in [0.1, 0.15) is 5.75 Å². The predicted octanol–water partition coefficient (Wildman–Crippen LogP) is 1.25. The fraction of sp³-hybridized carbons (Fsp3) is 0.316. The van der Waals surface area contributed by atoms with Crippen LogP contribution in [0.4, 0.5) is 10.1 Å². The second kappa shape index (κ2) is 5.84. The number of aromatic nitrogens is 2. The molecular formula is C19H16FN3O4. The summed E-state index contributed by atoms with van der Waals surface area (Å²) in [6, 6.07) is 3.52. The molecule has 2 heterocycles. The summed E-state index contributed by atoms with van der Waals surface area (Å²) < 4.78 is 21.3. The number of terminal acetylenes is 1. The molecule has 0 radical (unpaired) electrons. The van der Waals surface area contributed by atoms with Crippen molar-refractivity contribution >= 4 is 11.6 Å². The molecule has 1 saturated carbocycles. The number of H-pyrrole nitrogens is 1. The Morgan fingerprint density at radius 2 is 2.00 bits per heavy atom. The smallest absolute Gasteiger partial charge is 0.333 e. The standard InChI is InChI=1S/C19H16FN3O4/c1-3-7-22-14-10-13(23-16(24)8-11(2)21-18(23)26)12(20)9-15(14)27-19(17(22)25)5-4-6-19/h1,8-10H,4-7H2,2H3,(H,21,26). The van der Waals surface area contributed by atoms with Gasteiger partial charge in [-0.15, -0.1) is 6.42 Å². The number of nitrogens with zero attached hydrogens (tertiary/aromatic N) is 2. The molecule has 1 spiro atoms. The quantitative estimate of drug-likeness (QED) is 0.808. The Hall–Kier alpha value is -3.34. The largest absolute Gasteiger partial charge is 0.475 e. The van der Waals surface area contributed by atoms with Gasteiger partial charge < -0.3 is 9.72 Å². The van der Waals surface area contributed by atoms with Gasteiger partial charge in [-0.25, -0.2) is 13.8 Å². The van der Waals surface area contributed by atoms with Gasteiger partial charge in [0, 0.05) is 17.8 Å². The lowest BCUT2D eigenvalue weighted by Crippen LogP contribution is -2.60. The topological polar surface area (TPSA) is 84.4 Å². The summed E-state index contributed by atoms with van der Waals surface area (Å²) in [5.74, 6) is 1.49. The van der Waals surface area contributed by atoms with E-state index in [4.69, 9.17) is 11.2 Å². The third-order valence-corrected chi connectivity index (χ3v) is 4.98. The second-order valence-corrected chi connectivity index (χ2v) is 6.75. The average Bonchev–Trinajstić information content (AvgIpc) is 2.56. The van der Waals surface area contributed by atoms with Crippen molar-refractivity contribution < 1.29 is 13.9 Å².